The smallest absolute Gasteiger partial charge is 0.268 e. The van der Waals surface area contributed by atoms with Crippen LogP contribution in [0.4, 0.5) is 5.13 Å². The summed E-state index contributed by atoms with van der Waals surface area (Å²) in [5.41, 5.74) is 2.62. The summed E-state index contributed by atoms with van der Waals surface area (Å²) >= 11 is 1.28. The van der Waals surface area contributed by atoms with Gasteiger partial charge in [-0.15, -0.1) is 11.3 Å². The predicted molar refractivity (Wildman–Crippen MR) is 123 cm³/mol. The zero-order valence-corrected chi connectivity index (χ0v) is 17.4. The fourth-order valence-corrected chi connectivity index (χ4v) is 3.77. The molecule has 1 N–H and O–H groups in total. The van der Waals surface area contributed by atoms with Gasteiger partial charge in [-0.3, -0.25) is 10.1 Å². The topological polar surface area (TPSA) is 96.7 Å². The number of nitrogens with one attached hydrogen (secondary N) is 1. The number of thiazole rings is 1. The molecule has 1 amide bonds. The largest absolute Gasteiger partial charge is 0.454 e. The van der Waals surface area contributed by atoms with Crippen LogP contribution in [0.25, 0.3) is 34.2 Å². The van der Waals surface area contributed by atoms with Crippen molar-refractivity contribution in [1.29, 1.82) is 5.26 Å². The van der Waals surface area contributed by atoms with Crippen molar-refractivity contribution in [3.8, 4) is 23.2 Å². The lowest BCUT2D eigenvalue weighted by molar-refractivity contribution is -0.112. The quantitative estimate of drug-likeness (QED) is 0.298. The van der Waals surface area contributed by atoms with Crippen LogP contribution in [0, 0.1) is 11.3 Å². The Kier molecular flexibility index (Phi) is 5.07. The zero-order chi connectivity index (χ0) is 21.9. The molecule has 2 aromatic carbocycles. The molecule has 0 bridgehead atoms. The van der Waals surface area contributed by atoms with E-state index >= 15 is 0 Å². The third-order valence-corrected chi connectivity index (χ3v) is 5.43. The van der Waals surface area contributed by atoms with Gasteiger partial charge in [0.1, 0.15) is 22.9 Å². The van der Waals surface area contributed by atoms with E-state index in [2.05, 4.69) is 10.3 Å². The van der Waals surface area contributed by atoms with E-state index in [1.54, 1.807) is 22.5 Å². The van der Waals surface area contributed by atoms with Gasteiger partial charge in [0.25, 0.3) is 5.91 Å². The van der Waals surface area contributed by atoms with Crippen molar-refractivity contribution in [2.24, 2.45) is 0 Å². The molecule has 0 fully saturated rings. The number of nitriles is 1. The lowest BCUT2D eigenvalue weighted by Crippen LogP contribution is -2.13. The van der Waals surface area contributed by atoms with Gasteiger partial charge in [-0.1, -0.05) is 36.4 Å². The van der Waals surface area contributed by atoms with Gasteiger partial charge in [0.15, 0.2) is 10.9 Å². The van der Waals surface area contributed by atoms with Crippen LogP contribution in [0.5, 0.6) is 0 Å². The molecule has 0 saturated carbocycles. The second-order valence-electron chi connectivity index (χ2n) is 6.82. The molecule has 0 radical (unpaired) electrons. The van der Waals surface area contributed by atoms with Crippen molar-refractivity contribution in [2.75, 3.05) is 5.32 Å². The van der Waals surface area contributed by atoms with Gasteiger partial charge in [-0.25, -0.2) is 9.67 Å². The normalized spacial score (nSPS) is 11.4. The molecular formula is C24H15N5O2S. The molecule has 154 valence electrons. The molecule has 0 atom stereocenters. The average Bonchev–Trinajstić information content (AvgIpc) is 3.57. The van der Waals surface area contributed by atoms with E-state index in [1.165, 1.54) is 17.4 Å². The molecule has 7 nitrogen and oxygen atoms in total. The number of para-hydroxylation sites is 2. The molecule has 0 saturated heterocycles. The van der Waals surface area contributed by atoms with Crippen LogP contribution in [0.3, 0.4) is 0 Å². The zero-order valence-electron chi connectivity index (χ0n) is 16.6. The first-order valence-electron chi connectivity index (χ1n) is 9.68. The highest BCUT2D eigenvalue weighted by Gasteiger charge is 2.18. The number of carbonyl (C=O) groups excluding carboxylic acids is 1. The summed E-state index contributed by atoms with van der Waals surface area (Å²) in [6.45, 7) is 0. The second kappa shape index (κ2) is 8.34. The third kappa shape index (κ3) is 3.80. The lowest BCUT2D eigenvalue weighted by Gasteiger charge is -2.00. The first kappa shape index (κ1) is 19.5. The highest BCUT2D eigenvalue weighted by molar-refractivity contribution is 7.13. The highest BCUT2D eigenvalue weighted by atomic mass is 32.1. The Balaban J connectivity index is 1.61. The second-order valence-corrected chi connectivity index (χ2v) is 7.72. The summed E-state index contributed by atoms with van der Waals surface area (Å²) in [6, 6.07) is 21.1. The Morgan fingerprint density at radius 3 is 2.72 bits per heavy atom. The number of furan rings is 1. The van der Waals surface area contributed by atoms with Gasteiger partial charge in [0.05, 0.1) is 5.69 Å². The summed E-state index contributed by atoms with van der Waals surface area (Å²) in [5, 5.41) is 20.1. The van der Waals surface area contributed by atoms with Crippen molar-refractivity contribution in [2.45, 2.75) is 0 Å². The first-order valence-corrected chi connectivity index (χ1v) is 10.6. The summed E-state index contributed by atoms with van der Waals surface area (Å²) in [5.74, 6) is 0.00946. The summed E-state index contributed by atoms with van der Waals surface area (Å²) in [4.78, 5) is 16.7. The summed E-state index contributed by atoms with van der Waals surface area (Å²) < 4.78 is 7.70. The van der Waals surface area contributed by atoms with Crippen LogP contribution in [0.15, 0.2) is 88.4 Å². The molecule has 3 heterocycles. The summed E-state index contributed by atoms with van der Waals surface area (Å²) in [7, 11) is 0. The number of anilines is 1. The monoisotopic (exact) mass is 437 g/mol. The molecule has 0 aliphatic heterocycles. The minimum atomic E-state index is -0.537. The number of aromatic nitrogens is 3. The maximum atomic E-state index is 12.6. The number of fused-ring (bicyclic) bond motifs is 1. The van der Waals surface area contributed by atoms with E-state index in [-0.39, 0.29) is 5.57 Å². The predicted octanol–water partition coefficient (Wildman–Crippen LogP) is 5.29. The Morgan fingerprint density at radius 2 is 1.97 bits per heavy atom. The van der Waals surface area contributed by atoms with Crippen LogP contribution >= 0.6 is 11.3 Å². The maximum absolute atomic E-state index is 12.6. The molecule has 32 heavy (non-hydrogen) atoms. The Morgan fingerprint density at radius 1 is 1.16 bits per heavy atom. The van der Waals surface area contributed by atoms with Crippen molar-refractivity contribution >= 4 is 39.4 Å². The molecule has 0 aliphatic carbocycles. The third-order valence-electron chi connectivity index (χ3n) is 4.74. The fraction of sp³-hybridized carbons (Fsp3) is 0. The SMILES string of the molecule is N#CC(=Cc1cn(-c2ccccc2)nc1-c1cc2ccccc2o1)C(=O)Nc1nccs1. The van der Waals surface area contributed by atoms with E-state index in [4.69, 9.17) is 9.52 Å². The van der Waals surface area contributed by atoms with E-state index in [9.17, 15) is 10.1 Å². The van der Waals surface area contributed by atoms with Gasteiger partial charge in [-0.05, 0) is 30.3 Å². The van der Waals surface area contributed by atoms with E-state index in [1.807, 2.05) is 66.7 Å². The first-order chi connectivity index (χ1) is 15.7. The Labute approximate surface area is 186 Å². The number of hydrogen-bond acceptors (Lipinski definition) is 6. The molecule has 0 aliphatic rings. The average molecular weight is 437 g/mol. The van der Waals surface area contributed by atoms with Gasteiger partial charge in [0, 0.05) is 28.7 Å². The van der Waals surface area contributed by atoms with Crippen molar-refractivity contribution < 1.29 is 9.21 Å². The molecular weight excluding hydrogens is 422 g/mol. The molecule has 3 aromatic heterocycles. The Hall–Kier alpha value is -4.48. The fourth-order valence-electron chi connectivity index (χ4n) is 3.25. The van der Waals surface area contributed by atoms with Crippen molar-refractivity contribution in [3.05, 3.63) is 89.6 Å². The number of benzene rings is 2. The van der Waals surface area contributed by atoms with Gasteiger partial charge >= 0.3 is 0 Å². The standard InChI is InChI=1S/C24H15N5O2S/c25-14-17(23(30)27-24-26-10-11-32-24)12-18-15-29(19-7-2-1-3-8-19)28-22(18)21-13-16-6-4-5-9-20(16)31-21/h1-13,15H,(H,26,27,30). The van der Waals surface area contributed by atoms with Gasteiger partial charge in [-0.2, -0.15) is 10.4 Å². The maximum Gasteiger partial charge on any atom is 0.268 e. The van der Waals surface area contributed by atoms with E-state index in [0.29, 0.717) is 22.1 Å². The van der Waals surface area contributed by atoms with Crippen LogP contribution in [-0.2, 0) is 4.79 Å². The molecule has 0 spiro atoms. The van der Waals surface area contributed by atoms with Crippen LogP contribution < -0.4 is 5.32 Å². The molecule has 5 aromatic rings. The minimum Gasteiger partial charge on any atom is -0.454 e. The summed E-state index contributed by atoms with van der Waals surface area (Å²) in [6.07, 6.45) is 4.86. The van der Waals surface area contributed by atoms with Crippen LogP contribution in [-0.4, -0.2) is 20.7 Å². The van der Waals surface area contributed by atoms with Crippen LogP contribution in [0.1, 0.15) is 5.56 Å². The number of hydrogen-bond donors (Lipinski definition) is 1. The Bertz CT molecular complexity index is 1440. The number of rotatable bonds is 5. The van der Waals surface area contributed by atoms with E-state index in [0.717, 1.165) is 16.7 Å². The number of amides is 1. The van der Waals surface area contributed by atoms with E-state index < -0.39 is 5.91 Å². The lowest BCUT2D eigenvalue weighted by atomic mass is 10.1. The highest BCUT2D eigenvalue weighted by Crippen LogP contribution is 2.31. The van der Waals surface area contributed by atoms with Crippen LogP contribution in [0.2, 0.25) is 0 Å². The molecule has 8 heteroatoms. The minimum absolute atomic E-state index is 0.0647. The molecule has 0 unspecified atom stereocenters. The van der Waals surface area contributed by atoms with Crippen molar-refractivity contribution in [3.63, 3.8) is 0 Å². The van der Waals surface area contributed by atoms with Crippen molar-refractivity contribution in [1.82, 2.24) is 14.8 Å². The molecule has 5 rings (SSSR count). The number of nitrogens with zero attached hydrogens (tertiary/aromatic N) is 4. The van der Waals surface area contributed by atoms with Gasteiger partial charge < -0.3 is 4.42 Å². The number of carbonyl (C=O) groups is 1. The van der Waals surface area contributed by atoms with Gasteiger partial charge in [0.2, 0.25) is 0 Å².